The first-order valence-corrected chi connectivity index (χ1v) is 11.5. The fourth-order valence-corrected chi connectivity index (χ4v) is 5.26. The first-order chi connectivity index (χ1) is 15.0. The van der Waals surface area contributed by atoms with Crippen LogP contribution in [0.2, 0.25) is 0 Å². The summed E-state index contributed by atoms with van der Waals surface area (Å²) in [6.07, 6.45) is 6.48. The predicted molar refractivity (Wildman–Crippen MR) is 126 cm³/mol. The molecule has 2 aliphatic rings. The standard InChI is InChI=1S/C25H28N2O3S/c1-16-6-4-5-7-20(16)26-24(28)18-10-13-22-21(15-18)27(2)25(29)23(31-22)14-17-8-11-19(30-3)12-9-17/h8-16,20H,4-7H2,1-3H3,(H,26,28)/b23-14-/t16-,20-/m1/s1. The third-order valence-electron chi connectivity index (χ3n) is 6.16. The smallest absolute Gasteiger partial charge is 0.264 e. The highest BCUT2D eigenvalue weighted by atomic mass is 32.2. The Labute approximate surface area is 187 Å². The van der Waals surface area contributed by atoms with Crippen LogP contribution in [-0.2, 0) is 4.79 Å². The summed E-state index contributed by atoms with van der Waals surface area (Å²) >= 11 is 1.44. The van der Waals surface area contributed by atoms with Crippen molar-refractivity contribution in [2.75, 3.05) is 19.1 Å². The van der Waals surface area contributed by atoms with E-state index in [0.29, 0.717) is 16.4 Å². The second-order valence-electron chi connectivity index (χ2n) is 8.27. The van der Waals surface area contributed by atoms with E-state index in [2.05, 4.69) is 12.2 Å². The van der Waals surface area contributed by atoms with Crippen LogP contribution < -0.4 is 15.0 Å². The zero-order valence-corrected chi connectivity index (χ0v) is 19.0. The van der Waals surface area contributed by atoms with E-state index < -0.39 is 0 Å². The summed E-state index contributed by atoms with van der Waals surface area (Å²) in [7, 11) is 3.39. The fourth-order valence-electron chi connectivity index (χ4n) is 4.17. The molecule has 0 aromatic heterocycles. The molecule has 0 bridgehead atoms. The van der Waals surface area contributed by atoms with Gasteiger partial charge in [0.25, 0.3) is 11.8 Å². The van der Waals surface area contributed by atoms with Crippen LogP contribution in [0.15, 0.2) is 52.3 Å². The van der Waals surface area contributed by atoms with Gasteiger partial charge < -0.3 is 15.0 Å². The molecule has 1 aliphatic heterocycles. The molecule has 2 atom stereocenters. The molecule has 6 heteroatoms. The van der Waals surface area contributed by atoms with Gasteiger partial charge in [-0.3, -0.25) is 9.59 Å². The van der Waals surface area contributed by atoms with E-state index in [-0.39, 0.29) is 17.9 Å². The molecule has 1 fully saturated rings. The van der Waals surface area contributed by atoms with Crippen LogP contribution in [-0.4, -0.2) is 32.0 Å². The van der Waals surface area contributed by atoms with Crippen molar-refractivity contribution < 1.29 is 14.3 Å². The van der Waals surface area contributed by atoms with Crippen LogP contribution >= 0.6 is 11.8 Å². The number of rotatable bonds is 4. The number of fused-ring (bicyclic) bond motifs is 1. The minimum Gasteiger partial charge on any atom is -0.497 e. The first kappa shape index (κ1) is 21.5. The lowest BCUT2D eigenvalue weighted by atomic mass is 9.86. The number of thioether (sulfide) groups is 1. The number of carbonyl (C=O) groups is 2. The molecule has 2 aromatic carbocycles. The molecule has 0 saturated heterocycles. The van der Waals surface area contributed by atoms with Crippen LogP contribution in [0.4, 0.5) is 5.69 Å². The number of nitrogens with zero attached hydrogens (tertiary/aromatic N) is 1. The molecule has 4 rings (SSSR count). The zero-order valence-electron chi connectivity index (χ0n) is 18.2. The van der Waals surface area contributed by atoms with E-state index in [0.717, 1.165) is 41.2 Å². The number of nitrogens with one attached hydrogen (secondary N) is 1. The minimum atomic E-state index is -0.0771. The molecule has 162 valence electrons. The quantitative estimate of drug-likeness (QED) is 0.677. The van der Waals surface area contributed by atoms with Crippen LogP contribution in [0, 0.1) is 5.92 Å². The van der Waals surface area contributed by atoms with Gasteiger partial charge >= 0.3 is 0 Å². The fraction of sp³-hybridized carbons (Fsp3) is 0.360. The van der Waals surface area contributed by atoms with Crippen molar-refractivity contribution in [1.29, 1.82) is 0 Å². The number of benzene rings is 2. The Morgan fingerprint density at radius 2 is 1.90 bits per heavy atom. The van der Waals surface area contributed by atoms with Crippen molar-refractivity contribution in [2.24, 2.45) is 5.92 Å². The maximum absolute atomic E-state index is 13.0. The Bertz CT molecular complexity index is 1020. The van der Waals surface area contributed by atoms with E-state index in [1.54, 1.807) is 19.1 Å². The number of likely N-dealkylation sites (N-methyl/N-ethyl adjacent to an activating group) is 1. The van der Waals surface area contributed by atoms with Crippen LogP contribution in [0.25, 0.3) is 6.08 Å². The molecule has 1 N–H and O–H groups in total. The lowest BCUT2D eigenvalue weighted by molar-refractivity contribution is -0.114. The number of hydrogen-bond acceptors (Lipinski definition) is 4. The number of methoxy groups -OCH3 is 1. The van der Waals surface area contributed by atoms with Gasteiger partial charge in [-0.1, -0.05) is 43.7 Å². The molecule has 0 unspecified atom stereocenters. The number of carbonyl (C=O) groups excluding carboxylic acids is 2. The SMILES string of the molecule is COc1ccc(/C=C2\Sc3ccc(C(=O)N[C@@H]4CCCC[C@H]4C)cc3N(C)C2=O)cc1. The van der Waals surface area contributed by atoms with Crippen molar-refractivity contribution >= 4 is 35.3 Å². The second-order valence-corrected chi connectivity index (χ2v) is 9.36. The average Bonchev–Trinajstić information content (AvgIpc) is 2.79. The molecule has 0 radical (unpaired) electrons. The van der Waals surface area contributed by atoms with Crippen molar-refractivity contribution in [2.45, 2.75) is 43.5 Å². The Morgan fingerprint density at radius 1 is 1.16 bits per heavy atom. The lowest BCUT2D eigenvalue weighted by Gasteiger charge is -2.30. The largest absolute Gasteiger partial charge is 0.497 e. The van der Waals surface area contributed by atoms with E-state index in [1.165, 1.54) is 18.2 Å². The number of ether oxygens (including phenoxy) is 1. The van der Waals surface area contributed by atoms with Gasteiger partial charge in [0.05, 0.1) is 17.7 Å². The van der Waals surface area contributed by atoms with Crippen LogP contribution in [0.1, 0.15) is 48.5 Å². The van der Waals surface area contributed by atoms with Gasteiger partial charge in [0.2, 0.25) is 0 Å². The predicted octanol–water partition coefficient (Wildman–Crippen LogP) is 5.11. The highest BCUT2D eigenvalue weighted by Crippen LogP contribution is 2.42. The summed E-state index contributed by atoms with van der Waals surface area (Å²) < 4.78 is 5.19. The van der Waals surface area contributed by atoms with Gasteiger partial charge in [0.15, 0.2) is 0 Å². The molecular weight excluding hydrogens is 408 g/mol. The molecule has 5 nitrogen and oxygen atoms in total. The van der Waals surface area contributed by atoms with Crippen molar-refractivity contribution in [3.05, 3.63) is 58.5 Å². The summed E-state index contributed by atoms with van der Waals surface area (Å²) in [5.74, 6) is 1.14. The van der Waals surface area contributed by atoms with Crippen LogP contribution in [0.3, 0.4) is 0 Å². The maximum Gasteiger partial charge on any atom is 0.264 e. The summed E-state index contributed by atoms with van der Waals surface area (Å²) in [5.41, 5.74) is 2.30. The Kier molecular flexibility index (Phi) is 6.37. The van der Waals surface area contributed by atoms with Crippen molar-refractivity contribution in [3.63, 3.8) is 0 Å². The molecule has 2 aromatic rings. The van der Waals surface area contributed by atoms with Gasteiger partial charge in [0, 0.05) is 23.5 Å². The Hall–Kier alpha value is -2.73. The van der Waals surface area contributed by atoms with Gasteiger partial charge in [-0.05, 0) is 60.7 Å². The first-order valence-electron chi connectivity index (χ1n) is 10.7. The molecule has 1 saturated carbocycles. The van der Waals surface area contributed by atoms with Crippen molar-refractivity contribution in [1.82, 2.24) is 5.32 Å². The number of hydrogen-bond donors (Lipinski definition) is 1. The van der Waals surface area contributed by atoms with Gasteiger partial charge in [-0.15, -0.1) is 0 Å². The van der Waals surface area contributed by atoms with Gasteiger partial charge in [0.1, 0.15) is 5.75 Å². The second kappa shape index (κ2) is 9.18. The monoisotopic (exact) mass is 436 g/mol. The highest BCUT2D eigenvalue weighted by molar-refractivity contribution is 8.04. The van der Waals surface area contributed by atoms with E-state index in [4.69, 9.17) is 4.74 Å². The summed E-state index contributed by atoms with van der Waals surface area (Å²) in [6, 6.07) is 13.4. The lowest BCUT2D eigenvalue weighted by Crippen LogP contribution is -2.41. The zero-order chi connectivity index (χ0) is 22.0. The average molecular weight is 437 g/mol. The Morgan fingerprint density at radius 3 is 2.61 bits per heavy atom. The van der Waals surface area contributed by atoms with E-state index in [1.807, 2.05) is 48.5 Å². The number of amides is 2. The summed E-state index contributed by atoms with van der Waals surface area (Å²) in [4.78, 5) is 29.1. The van der Waals surface area contributed by atoms with E-state index in [9.17, 15) is 9.59 Å². The third-order valence-corrected chi connectivity index (χ3v) is 7.24. The molecule has 31 heavy (non-hydrogen) atoms. The third kappa shape index (κ3) is 4.64. The van der Waals surface area contributed by atoms with Crippen molar-refractivity contribution in [3.8, 4) is 5.75 Å². The molecule has 2 amide bonds. The highest BCUT2D eigenvalue weighted by Gasteiger charge is 2.28. The van der Waals surface area contributed by atoms with Crippen LogP contribution in [0.5, 0.6) is 5.75 Å². The summed E-state index contributed by atoms with van der Waals surface area (Å²) in [5, 5.41) is 3.20. The van der Waals surface area contributed by atoms with E-state index >= 15 is 0 Å². The molecule has 1 heterocycles. The molecule has 1 aliphatic carbocycles. The summed E-state index contributed by atoms with van der Waals surface area (Å²) in [6.45, 7) is 2.21. The van der Waals surface area contributed by atoms with Gasteiger partial charge in [-0.25, -0.2) is 0 Å². The number of anilines is 1. The topological polar surface area (TPSA) is 58.6 Å². The normalized spacial score (nSPS) is 22.2. The van der Waals surface area contributed by atoms with Gasteiger partial charge in [-0.2, -0.15) is 0 Å². The Balaban J connectivity index is 1.54. The minimum absolute atomic E-state index is 0.0630. The maximum atomic E-state index is 13.0. The molecule has 0 spiro atoms. The molecular formula is C25H28N2O3S.